The second kappa shape index (κ2) is 8.33. The van der Waals surface area contributed by atoms with Crippen LogP contribution in [0, 0.1) is 0 Å². The third-order valence-electron chi connectivity index (χ3n) is 3.34. The van der Waals surface area contributed by atoms with Gasteiger partial charge in [0.15, 0.2) is 0 Å². The maximum atomic E-state index is 12.1. The fourth-order valence-corrected chi connectivity index (χ4v) is 3.48. The molecule has 0 aromatic carbocycles. The average molecular weight is 320 g/mol. The molecule has 0 aliphatic carbocycles. The van der Waals surface area contributed by atoms with Crippen LogP contribution in [-0.4, -0.2) is 56.6 Å². The number of piperidine rings is 1. The van der Waals surface area contributed by atoms with Gasteiger partial charge in [-0.1, -0.05) is 6.42 Å². The molecule has 0 saturated carbocycles. The molecular weight excluding hydrogens is 296 g/mol. The highest BCUT2D eigenvalue weighted by atomic mass is 32.2. The van der Waals surface area contributed by atoms with Crippen LogP contribution in [0.5, 0.6) is 0 Å². The van der Waals surface area contributed by atoms with Crippen LogP contribution in [0.1, 0.15) is 39.0 Å². The minimum atomic E-state index is -3.37. The van der Waals surface area contributed by atoms with Gasteiger partial charge in [0.2, 0.25) is 15.9 Å². The van der Waals surface area contributed by atoms with E-state index in [1.165, 1.54) is 4.31 Å². The average Bonchev–Trinajstić information content (AvgIpc) is 2.43. The summed E-state index contributed by atoms with van der Waals surface area (Å²) in [6.07, 6.45) is 4.01. The van der Waals surface area contributed by atoms with Gasteiger partial charge in [-0.05, 0) is 26.2 Å². The first-order valence-electron chi connectivity index (χ1n) is 7.26. The van der Waals surface area contributed by atoms with Gasteiger partial charge < -0.3 is 10.1 Å². The Hall–Kier alpha value is -1.15. The zero-order valence-corrected chi connectivity index (χ0v) is 13.4. The number of hydrogen-bond acceptors (Lipinski definition) is 5. The van der Waals surface area contributed by atoms with Gasteiger partial charge in [0.1, 0.15) is 6.04 Å². The first kappa shape index (κ1) is 17.9. The molecule has 0 aromatic heterocycles. The van der Waals surface area contributed by atoms with Gasteiger partial charge in [-0.2, -0.15) is 4.31 Å². The third kappa shape index (κ3) is 6.01. The van der Waals surface area contributed by atoms with E-state index in [2.05, 4.69) is 5.32 Å². The van der Waals surface area contributed by atoms with E-state index in [9.17, 15) is 18.0 Å². The summed E-state index contributed by atoms with van der Waals surface area (Å²) in [5.41, 5.74) is 0. The van der Waals surface area contributed by atoms with E-state index < -0.39 is 16.1 Å². The lowest BCUT2D eigenvalue weighted by Gasteiger charge is -2.32. The molecule has 1 saturated heterocycles. The summed E-state index contributed by atoms with van der Waals surface area (Å²) in [5.74, 6) is -0.578. The Bertz CT molecular complexity index is 463. The monoisotopic (exact) mass is 320 g/mol. The molecule has 0 aromatic rings. The normalized spacial score (nSPS) is 20.0. The topological polar surface area (TPSA) is 92.8 Å². The summed E-state index contributed by atoms with van der Waals surface area (Å²) in [4.78, 5) is 23.2. The van der Waals surface area contributed by atoms with Crippen molar-refractivity contribution >= 4 is 21.9 Å². The molecule has 8 heteroatoms. The lowest BCUT2D eigenvalue weighted by molar-refractivity contribution is -0.143. The fraction of sp³-hybridized carbons (Fsp3) is 0.846. The fourth-order valence-electron chi connectivity index (χ4n) is 2.36. The summed E-state index contributed by atoms with van der Waals surface area (Å²) < 4.78 is 29.4. The molecule has 1 amide bonds. The zero-order valence-electron chi connectivity index (χ0n) is 12.6. The van der Waals surface area contributed by atoms with Crippen molar-refractivity contribution < 1.29 is 22.7 Å². The van der Waals surface area contributed by atoms with Crippen molar-refractivity contribution in [2.45, 2.75) is 45.1 Å². The van der Waals surface area contributed by atoms with E-state index in [1.807, 2.05) is 0 Å². The molecule has 1 aliphatic rings. The predicted octanol–water partition coefficient (Wildman–Crippen LogP) is 0.260. The molecule has 122 valence electrons. The highest BCUT2D eigenvalue weighted by Crippen LogP contribution is 2.19. The molecule has 0 radical (unpaired) electrons. The Morgan fingerprint density at radius 3 is 2.67 bits per heavy atom. The molecule has 1 heterocycles. The molecular formula is C13H24N2O5S. The maximum absolute atomic E-state index is 12.1. The molecule has 1 aliphatic heterocycles. The summed E-state index contributed by atoms with van der Waals surface area (Å²) >= 11 is 0. The first-order chi connectivity index (χ1) is 9.86. The molecule has 0 spiro atoms. The first-order valence-corrected chi connectivity index (χ1v) is 9.11. The van der Waals surface area contributed by atoms with Crippen LogP contribution in [-0.2, 0) is 24.3 Å². The van der Waals surface area contributed by atoms with E-state index in [1.54, 1.807) is 6.92 Å². The van der Waals surface area contributed by atoms with E-state index in [0.29, 0.717) is 32.5 Å². The molecule has 1 unspecified atom stereocenters. The number of carbonyl (C=O) groups is 2. The van der Waals surface area contributed by atoms with Gasteiger partial charge in [0.05, 0.1) is 12.9 Å². The van der Waals surface area contributed by atoms with E-state index >= 15 is 0 Å². The van der Waals surface area contributed by atoms with Crippen LogP contribution in [0.15, 0.2) is 0 Å². The summed E-state index contributed by atoms with van der Waals surface area (Å²) in [5, 5.41) is 2.70. The quantitative estimate of drug-likeness (QED) is 0.536. The number of nitrogens with zero attached hydrogens (tertiary/aromatic N) is 1. The second-order valence-electron chi connectivity index (χ2n) is 5.08. The Morgan fingerprint density at radius 2 is 2.05 bits per heavy atom. The standard InChI is InChI=1S/C13H24N2O5S/c1-3-20-12(16)8-6-9-14-13(17)11-7-4-5-10-15(11)21(2,18)19/h11H,3-10H2,1-2H3,(H,14,17). The van der Waals surface area contributed by atoms with Crippen molar-refractivity contribution in [3.05, 3.63) is 0 Å². The molecule has 7 nitrogen and oxygen atoms in total. The summed E-state index contributed by atoms with van der Waals surface area (Å²) in [6, 6.07) is -0.628. The number of carbonyl (C=O) groups excluding carboxylic acids is 2. The summed E-state index contributed by atoms with van der Waals surface area (Å²) in [7, 11) is -3.37. The van der Waals surface area contributed by atoms with Crippen LogP contribution in [0.25, 0.3) is 0 Å². The van der Waals surface area contributed by atoms with E-state index in [0.717, 1.165) is 19.1 Å². The van der Waals surface area contributed by atoms with Gasteiger partial charge in [-0.25, -0.2) is 8.42 Å². The van der Waals surface area contributed by atoms with Crippen molar-refractivity contribution in [1.82, 2.24) is 9.62 Å². The lowest BCUT2D eigenvalue weighted by atomic mass is 10.0. The van der Waals surface area contributed by atoms with Crippen molar-refractivity contribution in [3.63, 3.8) is 0 Å². The smallest absolute Gasteiger partial charge is 0.305 e. The number of hydrogen-bond donors (Lipinski definition) is 1. The molecule has 1 atom stereocenters. The zero-order chi connectivity index (χ0) is 15.9. The summed E-state index contributed by atoms with van der Waals surface area (Å²) in [6.45, 7) is 2.81. The van der Waals surface area contributed by atoms with Crippen molar-refractivity contribution in [3.8, 4) is 0 Å². The van der Waals surface area contributed by atoms with Crippen LogP contribution in [0.2, 0.25) is 0 Å². The van der Waals surface area contributed by atoms with Crippen LogP contribution >= 0.6 is 0 Å². The Morgan fingerprint density at radius 1 is 1.33 bits per heavy atom. The van der Waals surface area contributed by atoms with Gasteiger partial charge in [-0.3, -0.25) is 9.59 Å². The van der Waals surface area contributed by atoms with Crippen molar-refractivity contribution in [1.29, 1.82) is 0 Å². The number of ether oxygens (including phenoxy) is 1. The maximum Gasteiger partial charge on any atom is 0.305 e. The van der Waals surface area contributed by atoms with Gasteiger partial charge in [0, 0.05) is 19.5 Å². The molecule has 1 N–H and O–H groups in total. The molecule has 21 heavy (non-hydrogen) atoms. The van der Waals surface area contributed by atoms with E-state index in [4.69, 9.17) is 4.74 Å². The van der Waals surface area contributed by atoms with E-state index in [-0.39, 0.29) is 18.3 Å². The van der Waals surface area contributed by atoms with Crippen molar-refractivity contribution in [2.24, 2.45) is 0 Å². The van der Waals surface area contributed by atoms with Crippen LogP contribution < -0.4 is 5.32 Å². The lowest BCUT2D eigenvalue weighted by Crippen LogP contribution is -2.51. The molecule has 1 rings (SSSR count). The number of nitrogens with one attached hydrogen (secondary N) is 1. The molecule has 0 bridgehead atoms. The van der Waals surface area contributed by atoms with Gasteiger partial charge in [0.25, 0.3) is 0 Å². The third-order valence-corrected chi connectivity index (χ3v) is 4.63. The SMILES string of the molecule is CCOC(=O)CCCNC(=O)C1CCCCN1S(C)(=O)=O. The highest BCUT2D eigenvalue weighted by Gasteiger charge is 2.34. The van der Waals surface area contributed by atoms with Gasteiger partial charge >= 0.3 is 5.97 Å². The second-order valence-corrected chi connectivity index (χ2v) is 7.02. The van der Waals surface area contributed by atoms with Crippen LogP contribution in [0.4, 0.5) is 0 Å². The van der Waals surface area contributed by atoms with Crippen LogP contribution in [0.3, 0.4) is 0 Å². The Labute approximate surface area is 126 Å². The van der Waals surface area contributed by atoms with Gasteiger partial charge in [-0.15, -0.1) is 0 Å². The number of sulfonamides is 1. The minimum Gasteiger partial charge on any atom is -0.466 e. The number of esters is 1. The molecule has 1 fully saturated rings. The number of amides is 1. The highest BCUT2D eigenvalue weighted by molar-refractivity contribution is 7.88. The Balaban J connectivity index is 2.41. The minimum absolute atomic E-state index is 0.245. The Kier molecular flexibility index (Phi) is 7.10. The van der Waals surface area contributed by atoms with Crippen molar-refractivity contribution in [2.75, 3.05) is 26.0 Å². The number of rotatable bonds is 7. The largest absolute Gasteiger partial charge is 0.466 e. The predicted molar refractivity (Wildman–Crippen MR) is 78.1 cm³/mol.